The first kappa shape index (κ1) is 12.9. The minimum absolute atomic E-state index is 0.225. The van der Waals surface area contributed by atoms with Crippen LogP contribution in [-0.2, 0) is 0 Å². The number of nitrogens with one attached hydrogen (secondary N) is 1. The molecular formula is C16H12N2O3. The maximum atomic E-state index is 11.8. The summed E-state index contributed by atoms with van der Waals surface area (Å²) in [6.07, 6.45) is 6.44. The Morgan fingerprint density at radius 3 is 2.90 bits per heavy atom. The van der Waals surface area contributed by atoms with Crippen LogP contribution >= 0.6 is 0 Å². The van der Waals surface area contributed by atoms with Crippen LogP contribution in [0.15, 0.2) is 68.7 Å². The van der Waals surface area contributed by atoms with Crippen LogP contribution in [0.25, 0.3) is 17.0 Å². The molecule has 0 aliphatic heterocycles. The molecule has 3 rings (SSSR count). The van der Waals surface area contributed by atoms with Gasteiger partial charge in [0.05, 0.1) is 6.26 Å². The molecule has 0 atom stereocenters. The molecule has 0 spiro atoms. The first-order chi connectivity index (χ1) is 10.3. The number of nitrogens with zero attached hydrogens (tertiary/aromatic N) is 1. The van der Waals surface area contributed by atoms with Crippen molar-refractivity contribution in [3.05, 3.63) is 66.3 Å². The van der Waals surface area contributed by atoms with Crippen LogP contribution in [0.5, 0.6) is 0 Å². The first-order valence-corrected chi connectivity index (χ1v) is 6.35. The molecule has 5 nitrogen and oxygen atoms in total. The Balaban J connectivity index is 1.61. The summed E-state index contributed by atoms with van der Waals surface area (Å²) in [4.78, 5) is 11.8. The highest BCUT2D eigenvalue weighted by Gasteiger charge is 2.10. The molecule has 3 aromatic rings. The van der Waals surface area contributed by atoms with Crippen molar-refractivity contribution in [2.45, 2.75) is 0 Å². The molecule has 0 fully saturated rings. The van der Waals surface area contributed by atoms with Gasteiger partial charge in [0, 0.05) is 11.6 Å². The van der Waals surface area contributed by atoms with E-state index in [9.17, 15) is 4.79 Å². The number of rotatable bonds is 4. The first-order valence-electron chi connectivity index (χ1n) is 6.35. The van der Waals surface area contributed by atoms with Gasteiger partial charge in [-0.05, 0) is 36.4 Å². The molecule has 104 valence electrons. The summed E-state index contributed by atoms with van der Waals surface area (Å²) in [6.45, 7) is 0. The number of carbonyl (C=O) groups is 1. The molecule has 21 heavy (non-hydrogen) atoms. The molecular weight excluding hydrogens is 268 g/mol. The van der Waals surface area contributed by atoms with Gasteiger partial charge in [0.1, 0.15) is 11.3 Å². The van der Waals surface area contributed by atoms with E-state index >= 15 is 0 Å². The average molecular weight is 280 g/mol. The molecule has 0 saturated carbocycles. The highest BCUT2D eigenvalue weighted by atomic mass is 16.3. The zero-order valence-electron chi connectivity index (χ0n) is 11.0. The van der Waals surface area contributed by atoms with E-state index in [2.05, 4.69) is 10.5 Å². The lowest BCUT2D eigenvalue weighted by atomic mass is 10.2. The smallest absolute Gasteiger partial charge is 0.307 e. The number of benzene rings is 1. The van der Waals surface area contributed by atoms with Gasteiger partial charge in [-0.15, -0.1) is 0 Å². The van der Waals surface area contributed by atoms with Crippen molar-refractivity contribution in [1.82, 2.24) is 5.43 Å². The Labute approximate surface area is 120 Å². The molecule has 0 bridgehead atoms. The maximum Gasteiger partial charge on any atom is 0.307 e. The van der Waals surface area contributed by atoms with Gasteiger partial charge in [0.2, 0.25) is 0 Å². The second-order valence-electron chi connectivity index (χ2n) is 4.24. The van der Waals surface area contributed by atoms with Crippen molar-refractivity contribution >= 4 is 29.2 Å². The summed E-state index contributed by atoms with van der Waals surface area (Å²) in [5, 5.41) is 4.68. The number of allylic oxidation sites excluding steroid dienone is 1. The van der Waals surface area contributed by atoms with Crippen LogP contribution in [0.1, 0.15) is 16.3 Å². The van der Waals surface area contributed by atoms with E-state index in [0.717, 1.165) is 5.39 Å². The van der Waals surface area contributed by atoms with E-state index in [4.69, 9.17) is 8.83 Å². The van der Waals surface area contributed by atoms with Crippen molar-refractivity contribution in [1.29, 1.82) is 0 Å². The molecule has 0 radical (unpaired) electrons. The SMILES string of the molecule is O=C(N/N=C\C=C\c1ccco1)c1cc2ccccc2o1. The van der Waals surface area contributed by atoms with Crippen molar-refractivity contribution in [3.63, 3.8) is 0 Å². The fraction of sp³-hybridized carbons (Fsp3) is 0. The summed E-state index contributed by atoms with van der Waals surface area (Å²) < 4.78 is 10.5. The van der Waals surface area contributed by atoms with Gasteiger partial charge in [-0.3, -0.25) is 4.79 Å². The van der Waals surface area contributed by atoms with E-state index in [1.54, 1.807) is 30.5 Å². The fourth-order valence-electron chi connectivity index (χ4n) is 1.81. The largest absolute Gasteiger partial charge is 0.465 e. The van der Waals surface area contributed by atoms with Crippen molar-refractivity contribution < 1.29 is 13.6 Å². The third-order valence-corrected chi connectivity index (χ3v) is 2.78. The Hall–Kier alpha value is -3.08. The molecule has 0 aliphatic carbocycles. The number of fused-ring (bicyclic) bond motifs is 1. The predicted molar refractivity (Wildman–Crippen MR) is 79.9 cm³/mol. The number of hydrogen-bond acceptors (Lipinski definition) is 4. The second-order valence-corrected chi connectivity index (χ2v) is 4.24. The predicted octanol–water partition coefficient (Wildman–Crippen LogP) is 3.45. The summed E-state index contributed by atoms with van der Waals surface area (Å²) in [5.74, 6) is 0.544. The summed E-state index contributed by atoms with van der Waals surface area (Å²) in [6, 6.07) is 12.7. The third kappa shape index (κ3) is 3.09. The summed E-state index contributed by atoms with van der Waals surface area (Å²) in [5.41, 5.74) is 3.07. The lowest BCUT2D eigenvalue weighted by molar-refractivity contribution is 0.0929. The summed E-state index contributed by atoms with van der Waals surface area (Å²) in [7, 11) is 0. The molecule has 0 saturated heterocycles. The monoisotopic (exact) mass is 280 g/mol. The zero-order valence-corrected chi connectivity index (χ0v) is 11.0. The number of carbonyl (C=O) groups excluding carboxylic acids is 1. The van der Waals surface area contributed by atoms with Gasteiger partial charge in [0.25, 0.3) is 0 Å². The van der Waals surface area contributed by atoms with Crippen molar-refractivity contribution in [2.24, 2.45) is 5.10 Å². The molecule has 5 heteroatoms. The lowest BCUT2D eigenvalue weighted by Crippen LogP contribution is -2.16. The van der Waals surface area contributed by atoms with E-state index in [-0.39, 0.29) is 5.76 Å². The van der Waals surface area contributed by atoms with E-state index < -0.39 is 5.91 Å². The minimum atomic E-state index is -0.395. The van der Waals surface area contributed by atoms with Gasteiger partial charge in [-0.1, -0.05) is 18.2 Å². The fourth-order valence-corrected chi connectivity index (χ4v) is 1.81. The lowest BCUT2D eigenvalue weighted by Gasteiger charge is -1.93. The van der Waals surface area contributed by atoms with Crippen LogP contribution in [0.3, 0.4) is 0 Å². The topological polar surface area (TPSA) is 67.7 Å². The van der Waals surface area contributed by atoms with Crippen LogP contribution in [0, 0.1) is 0 Å². The summed E-state index contributed by atoms with van der Waals surface area (Å²) >= 11 is 0. The number of furan rings is 2. The highest BCUT2D eigenvalue weighted by Crippen LogP contribution is 2.18. The Morgan fingerprint density at radius 2 is 2.10 bits per heavy atom. The van der Waals surface area contributed by atoms with E-state index in [0.29, 0.717) is 11.3 Å². The third-order valence-electron chi connectivity index (χ3n) is 2.78. The van der Waals surface area contributed by atoms with Gasteiger partial charge < -0.3 is 8.83 Å². The normalized spacial score (nSPS) is 11.6. The van der Waals surface area contributed by atoms with Crippen LogP contribution < -0.4 is 5.43 Å². The molecule has 0 aliphatic rings. The minimum Gasteiger partial charge on any atom is -0.465 e. The standard InChI is InChI=1S/C16H12N2O3/c19-16(15-11-12-5-1-2-8-14(12)21-15)18-17-9-3-6-13-7-4-10-20-13/h1-11H,(H,18,19)/b6-3+,17-9-. The van der Waals surface area contributed by atoms with Gasteiger partial charge >= 0.3 is 5.91 Å². The maximum absolute atomic E-state index is 11.8. The van der Waals surface area contributed by atoms with Crippen LogP contribution in [-0.4, -0.2) is 12.1 Å². The Bertz CT molecular complexity index is 765. The number of hydrogen-bond donors (Lipinski definition) is 1. The Kier molecular flexibility index (Phi) is 3.64. The van der Waals surface area contributed by atoms with Crippen LogP contribution in [0.4, 0.5) is 0 Å². The van der Waals surface area contributed by atoms with E-state index in [1.807, 2.05) is 30.3 Å². The number of para-hydroxylation sites is 1. The molecule has 1 aromatic carbocycles. The van der Waals surface area contributed by atoms with Gasteiger partial charge in [0.15, 0.2) is 5.76 Å². The van der Waals surface area contributed by atoms with E-state index in [1.165, 1.54) is 6.21 Å². The molecule has 2 aromatic heterocycles. The van der Waals surface area contributed by atoms with Gasteiger partial charge in [-0.25, -0.2) is 5.43 Å². The quantitative estimate of drug-likeness (QED) is 0.588. The molecule has 1 amide bonds. The van der Waals surface area contributed by atoms with Crippen molar-refractivity contribution in [3.8, 4) is 0 Å². The Morgan fingerprint density at radius 1 is 1.19 bits per heavy atom. The number of hydrazone groups is 1. The van der Waals surface area contributed by atoms with Gasteiger partial charge in [-0.2, -0.15) is 5.10 Å². The van der Waals surface area contributed by atoms with Crippen molar-refractivity contribution in [2.75, 3.05) is 0 Å². The molecule has 2 heterocycles. The average Bonchev–Trinajstić information content (AvgIpc) is 3.15. The second kappa shape index (κ2) is 5.92. The molecule has 0 unspecified atom stereocenters. The highest BCUT2D eigenvalue weighted by molar-refractivity contribution is 5.96. The number of amides is 1. The zero-order chi connectivity index (χ0) is 14.5. The van der Waals surface area contributed by atoms with Crippen LogP contribution in [0.2, 0.25) is 0 Å². The molecule has 1 N–H and O–H groups in total.